The average Bonchev–Trinajstić information content (AvgIpc) is 3.20. The maximum atomic E-state index is 13.4. The molecule has 4 heterocycles. The number of thiophene rings is 1. The van der Waals surface area contributed by atoms with Crippen molar-refractivity contribution in [3.05, 3.63) is 88.9 Å². The largest absolute Gasteiger partial charge is 0.365 e. The summed E-state index contributed by atoms with van der Waals surface area (Å²) in [5.74, 6) is 0.689. The first-order valence-corrected chi connectivity index (χ1v) is 11.4. The topological polar surface area (TPSA) is 83.9 Å². The van der Waals surface area contributed by atoms with Crippen molar-refractivity contribution in [2.75, 3.05) is 12.4 Å². The molecule has 0 bridgehead atoms. The molecule has 5 aromatic rings. The highest BCUT2D eigenvalue weighted by molar-refractivity contribution is 7.20. The van der Waals surface area contributed by atoms with Gasteiger partial charge >= 0.3 is 0 Å². The molecule has 0 aliphatic heterocycles. The summed E-state index contributed by atoms with van der Waals surface area (Å²) in [7, 11) is 1.83. The standard InChI is InChI=1S/C25H22N6OS/c1-16-21-23(28-13-17-6-4-10-26-12-17)29-15-30-24(21)33-22(16)25(32)31(2)14-18-7-3-9-20-19(18)8-5-11-27-20/h3-12,15H,13-14H2,1-2H3,(H,28,29,30). The van der Waals surface area contributed by atoms with E-state index >= 15 is 0 Å². The molecule has 0 aliphatic rings. The third-order valence-electron chi connectivity index (χ3n) is 5.59. The Kier molecular flexibility index (Phi) is 5.66. The fourth-order valence-corrected chi connectivity index (χ4v) is 5.05. The highest BCUT2D eigenvalue weighted by atomic mass is 32.1. The summed E-state index contributed by atoms with van der Waals surface area (Å²) in [5, 5.41) is 5.31. The van der Waals surface area contributed by atoms with Crippen LogP contribution >= 0.6 is 11.3 Å². The molecular formula is C25H22N6OS. The lowest BCUT2D eigenvalue weighted by Crippen LogP contribution is -2.26. The molecule has 7 nitrogen and oxygen atoms in total. The number of pyridine rings is 2. The summed E-state index contributed by atoms with van der Waals surface area (Å²) < 4.78 is 0. The van der Waals surface area contributed by atoms with E-state index in [9.17, 15) is 4.79 Å². The first kappa shape index (κ1) is 21.0. The molecule has 0 saturated heterocycles. The summed E-state index contributed by atoms with van der Waals surface area (Å²) in [6.07, 6.45) is 6.88. The lowest BCUT2D eigenvalue weighted by Gasteiger charge is -2.18. The number of anilines is 1. The lowest BCUT2D eigenvalue weighted by atomic mass is 10.1. The van der Waals surface area contributed by atoms with E-state index in [1.54, 1.807) is 17.3 Å². The minimum absolute atomic E-state index is 0.0328. The first-order chi connectivity index (χ1) is 16.1. The van der Waals surface area contributed by atoms with E-state index in [4.69, 9.17) is 0 Å². The smallest absolute Gasteiger partial charge is 0.264 e. The zero-order valence-corrected chi connectivity index (χ0v) is 19.1. The van der Waals surface area contributed by atoms with Crippen LogP contribution in [0.3, 0.4) is 0 Å². The van der Waals surface area contributed by atoms with Crippen LogP contribution < -0.4 is 5.32 Å². The average molecular weight is 455 g/mol. The van der Waals surface area contributed by atoms with Gasteiger partial charge in [-0.25, -0.2) is 9.97 Å². The van der Waals surface area contributed by atoms with Crippen LogP contribution in [0.2, 0.25) is 0 Å². The molecule has 8 heteroatoms. The van der Waals surface area contributed by atoms with E-state index in [2.05, 4.69) is 25.3 Å². The van der Waals surface area contributed by atoms with Gasteiger partial charge in [-0.1, -0.05) is 24.3 Å². The molecule has 0 atom stereocenters. The van der Waals surface area contributed by atoms with E-state index in [0.29, 0.717) is 18.0 Å². The number of benzene rings is 1. The number of carbonyl (C=O) groups excluding carboxylic acids is 1. The molecule has 4 aromatic heterocycles. The second-order valence-electron chi connectivity index (χ2n) is 7.82. The van der Waals surface area contributed by atoms with Gasteiger partial charge in [-0.05, 0) is 41.8 Å². The Balaban J connectivity index is 1.42. The van der Waals surface area contributed by atoms with E-state index < -0.39 is 0 Å². The Hall–Kier alpha value is -3.91. The Morgan fingerprint density at radius 3 is 2.79 bits per heavy atom. The number of nitrogens with zero attached hydrogens (tertiary/aromatic N) is 5. The van der Waals surface area contributed by atoms with Crippen molar-refractivity contribution in [1.29, 1.82) is 0 Å². The van der Waals surface area contributed by atoms with Crippen LogP contribution in [0, 0.1) is 6.92 Å². The lowest BCUT2D eigenvalue weighted by molar-refractivity contribution is 0.0790. The number of hydrogen-bond acceptors (Lipinski definition) is 7. The van der Waals surface area contributed by atoms with Crippen molar-refractivity contribution in [2.24, 2.45) is 0 Å². The predicted octanol–water partition coefficient (Wildman–Crippen LogP) is 4.83. The summed E-state index contributed by atoms with van der Waals surface area (Å²) in [6, 6.07) is 13.9. The number of aryl methyl sites for hydroxylation is 1. The molecular weight excluding hydrogens is 432 g/mol. The molecule has 33 heavy (non-hydrogen) atoms. The third kappa shape index (κ3) is 4.12. The zero-order chi connectivity index (χ0) is 22.8. The second-order valence-corrected chi connectivity index (χ2v) is 8.82. The van der Waals surface area contributed by atoms with Crippen LogP contribution in [0.5, 0.6) is 0 Å². The Morgan fingerprint density at radius 1 is 1.06 bits per heavy atom. The fourth-order valence-electron chi connectivity index (χ4n) is 3.90. The molecule has 0 fully saturated rings. The summed E-state index contributed by atoms with van der Waals surface area (Å²) in [6.45, 7) is 3.04. The Morgan fingerprint density at radius 2 is 1.94 bits per heavy atom. The van der Waals surface area contributed by atoms with E-state index in [1.165, 1.54) is 17.7 Å². The summed E-state index contributed by atoms with van der Waals surface area (Å²) >= 11 is 1.40. The maximum absolute atomic E-state index is 13.4. The first-order valence-electron chi connectivity index (χ1n) is 10.6. The van der Waals surface area contributed by atoms with Gasteiger partial charge in [0, 0.05) is 44.1 Å². The highest BCUT2D eigenvalue weighted by Gasteiger charge is 2.22. The number of amides is 1. The maximum Gasteiger partial charge on any atom is 0.264 e. The normalized spacial score (nSPS) is 11.1. The molecule has 1 N–H and O–H groups in total. The van der Waals surface area contributed by atoms with Gasteiger partial charge in [0.05, 0.1) is 15.8 Å². The van der Waals surface area contributed by atoms with Crippen molar-refractivity contribution in [1.82, 2.24) is 24.8 Å². The molecule has 0 aliphatic carbocycles. The van der Waals surface area contributed by atoms with Crippen molar-refractivity contribution >= 4 is 44.2 Å². The molecule has 0 spiro atoms. The van der Waals surface area contributed by atoms with Crippen LogP contribution in [0.25, 0.3) is 21.1 Å². The monoisotopic (exact) mass is 454 g/mol. The van der Waals surface area contributed by atoms with Gasteiger partial charge in [-0.2, -0.15) is 0 Å². The van der Waals surface area contributed by atoms with Gasteiger partial charge in [0.2, 0.25) is 0 Å². The number of rotatable bonds is 6. The van der Waals surface area contributed by atoms with E-state index in [-0.39, 0.29) is 5.91 Å². The number of nitrogens with one attached hydrogen (secondary N) is 1. The number of hydrogen-bond donors (Lipinski definition) is 1. The molecule has 1 aromatic carbocycles. The van der Waals surface area contributed by atoms with E-state index in [1.807, 2.05) is 62.6 Å². The zero-order valence-electron chi connectivity index (χ0n) is 18.3. The van der Waals surface area contributed by atoms with Crippen molar-refractivity contribution in [3.63, 3.8) is 0 Å². The fraction of sp³-hybridized carbons (Fsp3) is 0.160. The molecule has 0 unspecified atom stereocenters. The van der Waals surface area contributed by atoms with Crippen LogP contribution in [0.4, 0.5) is 5.82 Å². The number of fused-ring (bicyclic) bond motifs is 2. The van der Waals surface area contributed by atoms with Gasteiger partial charge in [0.1, 0.15) is 17.0 Å². The Bertz CT molecular complexity index is 1440. The van der Waals surface area contributed by atoms with Gasteiger partial charge in [-0.3, -0.25) is 14.8 Å². The second kappa shape index (κ2) is 8.91. The third-order valence-corrected chi connectivity index (χ3v) is 6.78. The van der Waals surface area contributed by atoms with Crippen LogP contribution in [-0.4, -0.2) is 37.8 Å². The minimum atomic E-state index is -0.0328. The number of carbonyl (C=O) groups is 1. The summed E-state index contributed by atoms with van der Waals surface area (Å²) in [4.78, 5) is 34.1. The van der Waals surface area contributed by atoms with Gasteiger partial charge in [0.25, 0.3) is 5.91 Å². The number of aromatic nitrogens is 4. The van der Waals surface area contributed by atoms with Crippen LogP contribution in [0.15, 0.2) is 67.4 Å². The Labute approximate surface area is 195 Å². The van der Waals surface area contributed by atoms with Crippen molar-refractivity contribution in [3.8, 4) is 0 Å². The molecule has 1 amide bonds. The minimum Gasteiger partial charge on any atom is -0.365 e. The van der Waals surface area contributed by atoms with Crippen LogP contribution in [-0.2, 0) is 13.1 Å². The highest BCUT2D eigenvalue weighted by Crippen LogP contribution is 2.34. The summed E-state index contributed by atoms with van der Waals surface area (Å²) in [5.41, 5.74) is 3.93. The predicted molar refractivity (Wildman–Crippen MR) is 131 cm³/mol. The van der Waals surface area contributed by atoms with Crippen LogP contribution in [0.1, 0.15) is 26.4 Å². The van der Waals surface area contributed by atoms with E-state index in [0.717, 1.165) is 43.6 Å². The quantitative estimate of drug-likeness (QED) is 0.396. The van der Waals surface area contributed by atoms with Gasteiger partial charge < -0.3 is 10.2 Å². The molecule has 5 rings (SSSR count). The molecule has 164 valence electrons. The SMILES string of the molecule is Cc1c(C(=O)N(C)Cc2cccc3ncccc23)sc2ncnc(NCc3cccnc3)c12. The van der Waals surface area contributed by atoms with Gasteiger partial charge in [-0.15, -0.1) is 11.3 Å². The molecule has 0 saturated carbocycles. The van der Waals surface area contributed by atoms with Crippen molar-refractivity contribution < 1.29 is 4.79 Å². The van der Waals surface area contributed by atoms with Crippen molar-refractivity contribution in [2.45, 2.75) is 20.0 Å². The van der Waals surface area contributed by atoms with Gasteiger partial charge in [0.15, 0.2) is 0 Å². The molecule has 0 radical (unpaired) electrons.